The fourth-order valence-corrected chi connectivity index (χ4v) is 4.01. The van der Waals surface area contributed by atoms with Gasteiger partial charge in [-0.15, -0.1) is 0 Å². The Balaban J connectivity index is 1.51. The molecule has 1 fully saturated rings. The molecule has 0 saturated carbocycles. The van der Waals surface area contributed by atoms with Crippen molar-refractivity contribution in [1.82, 2.24) is 10.2 Å². The fourth-order valence-electron chi connectivity index (χ4n) is 3.79. The second-order valence-electron chi connectivity index (χ2n) is 6.93. The van der Waals surface area contributed by atoms with Gasteiger partial charge in [0.15, 0.2) is 0 Å². The van der Waals surface area contributed by atoms with E-state index >= 15 is 0 Å². The van der Waals surface area contributed by atoms with Crippen LogP contribution in [0.2, 0.25) is 5.02 Å². The average Bonchev–Trinajstić information content (AvgIpc) is 2.62. The molecule has 26 heavy (non-hydrogen) atoms. The van der Waals surface area contributed by atoms with E-state index in [9.17, 15) is 9.59 Å². The van der Waals surface area contributed by atoms with Crippen molar-refractivity contribution in [2.75, 3.05) is 18.4 Å². The van der Waals surface area contributed by atoms with Crippen LogP contribution in [0.3, 0.4) is 0 Å². The van der Waals surface area contributed by atoms with Gasteiger partial charge in [-0.1, -0.05) is 35.9 Å². The van der Waals surface area contributed by atoms with Crippen molar-refractivity contribution < 1.29 is 9.59 Å². The predicted octanol–water partition coefficient (Wildman–Crippen LogP) is 3.44. The van der Waals surface area contributed by atoms with Gasteiger partial charge in [0.1, 0.15) is 5.66 Å². The van der Waals surface area contributed by atoms with Crippen LogP contribution in [0.4, 0.5) is 5.69 Å². The van der Waals surface area contributed by atoms with Gasteiger partial charge in [0, 0.05) is 31.6 Å². The minimum atomic E-state index is -0.505. The lowest BCUT2D eigenvalue weighted by Gasteiger charge is -2.46. The summed E-state index contributed by atoms with van der Waals surface area (Å²) in [5.74, 6) is -0.119. The number of carbonyl (C=O) groups is 2. The van der Waals surface area contributed by atoms with Gasteiger partial charge in [0.2, 0.25) is 0 Å². The molecule has 0 aromatic heterocycles. The number of benzene rings is 2. The normalized spacial score (nSPS) is 18.1. The van der Waals surface area contributed by atoms with E-state index in [0.717, 1.165) is 11.3 Å². The first-order chi connectivity index (χ1) is 12.5. The number of likely N-dealkylation sites (tertiary alicyclic amines) is 1. The van der Waals surface area contributed by atoms with E-state index in [1.165, 1.54) is 0 Å². The zero-order chi connectivity index (χ0) is 18.3. The van der Waals surface area contributed by atoms with E-state index in [1.807, 2.05) is 37.3 Å². The highest BCUT2D eigenvalue weighted by molar-refractivity contribution is 6.33. The Kier molecular flexibility index (Phi) is 4.11. The zero-order valence-corrected chi connectivity index (χ0v) is 15.3. The highest BCUT2D eigenvalue weighted by Gasteiger charge is 2.41. The molecule has 4 rings (SSSR count). The lowest BCUT2D eigenvalue weighted by Crippen LogP contribution is -2.62. The maximum atomic E-state index is 12.7. The summed E-state index contributed by atoms with van der Waals surface area (Å²) in [6, 6.07) is 12.9. The predicted molar refractivity (Wildman–Crippen MR) is 102 cm³/mol. The highest BCUT2D eigenvalue weighted by atomic mass is 35.5. The molecule has 2 amide bonds. The second-order valence-corrected chi connectivity index (χ2v) is 7.34. The smallest absolute Gasteiger partial charge is 0.255 e. The van der Waals surface area contributed by atoms with Gasteiger partial charge in [-0.25, -0.2) is 0 Å². The topological polar surface area (TPSA) is 61.4 Å². The van der Waals surface area contributed by atoms with Crippen LogP contribution in [0.25, 0.3) is 0 Å². The highest BCUT2D eigenvalue weighted by Crippen LogP contribution is 2.33. The number of rotatable bonds is 1. The van der Waals surface area contributed by atoms with Gasteiger partial charge in [0.25, 0.3) is 11.8 Å². The maximum Gasteiger partial charge on any atom is 0.255 e. The van der Waals surface area contributed by atoms with E-state index in [2.05, 4.69) is 10.6 Å². The lowest BCUT2D eigenvalue weighted by molar-refractivity contribution is 0.0640. The number of fused-ring (bicyclic) bond motifs is 1. The van der Waals surface area contributed by atoms with Crippen LogP contribution in [0, 0.1) is 6.92 Å². The summed E-state index contributed by atoms with van der Waals surface area (Å²) in [7, 11) is 0. The van der Waals surface area contributed by atoms with E-state index < -0.39 is 5.66 Å². The van der Waals surface area contributed by atoms with Crippen molar-refractivity contribution in [3.63, 3.8) is 0 Å². The molecule has 0 unspecified atom stereocenters. The van der Waals surface area contributed by atoms with Gasteiger partial charge < -0.3 is 15.5 Å². The van der Waals surface area contributed by atoms with E-state index in [0.29, 0.717) is 42.1 Å². The molecule has 2 aliphatic heterocycles. The Morgan fingerprint density at radius 1 is 1.08 bits per heavy atom. The van der Waals surface area contributed by atoms with Crippen LogP contribution in [0.5, 0.6) is 0 Å². The Morgan fingerprint density at radius 3 is 2.54 bits per heavy atom. The first-order valence-electron chi connectivity index (χ1n) is 8.73. The number of piperidine rings is 1. The zero-order valence-electron chi connectivity index (χ0n) is 14.5. The van der Waals surface area contributed by atoms with Crippen molar-refractivity contribution in [3.05, 3.63) is 64.2 Å². The molecule has 5 nitrogen and oxygen atoms in total. The Morgan fingerprint density at radius 2 is 1.81 bits per heavy atom. The number of anilines is 1. The molecule has 2 aliphatic rings. The SMILES string of the molecule is Cc1cccc2c1C(=O)NC1(CCN(C(=O)c3ccccc3Cl)CC1)N2. The first kappa shape index (κ1) is 16.9. The molecule has 2 aromatic rings. The molecule has 2 heterocycles. The number of hydrogen-bond acceptors (Lipinski definition) is 3. The number of amides is 2. The standard InChI is InChI=1S/C20H20ClN3O2/c1-13-5-4-8-16-17(13)18(25)23-20(22-16)9-11-24(12-10-20)19(26)14-6-2-3-7-15(14)21/h2-8,22H,9-12H2,1H3,(H,23,25). The summed E-state index contributed by atoms with van der Waals surface area (Å²) in [5, 5.41) is 7.09. The van der Waals surface area contributed by atoms with Crippen LogP contribution in [0.1, 0.15) is 39.1 Å². The van der Waals surface area contributed by atoms with Gasteiger partial charge >= 0.3 is 0 Å². The minimum Gasteiger partial charge on any atom is -0.362 e. The van der Waals surface area contributed by atoms with Crippen molar-refractivity contribution in [2.24, 2.45) is 0 Å². The van der Waals surface area contributed by atoms with Crippen LogP contribution in [-0.4, -0.2) is 35.5 Å². The van der Waals surface area contributed by atoms with Crippen molar-refractivity contribution in [3.8, 4) is 0 Å². The largest absolute Gasteiger partial charge is 0.362 e. The third kappa shape index (κ3) is 2.82. The maximum absolute atomic E-state index is 12.7. The number of hydrogen-bond donors (Lipinski definition) is 2. The summed E-state index contributed by atoms with van der Waals surface area (Å²) < 4.78 is 0. The molecular formula is C20H20ClN3O2. The number of aryl methyl sites for hydroxylation is 1. The molecule has 2 aromatic carbocycles. The Bertz CT molecular complexity index is 888. The van der Waals surface area contributed by atoms with E-state index in [1.54, 1.807) is 17.0 Å². The second kappa shape index (κ2) is 6.32. The van der Waals surface area contributed by atoms with Crippen molar-refractivity contribution >= 4 is 29.1 Å². The monoisotopic (exact) mass is 369 g/mol. The van der Waals surface area contributed by atoms with Crippen LogP contribution in [-0.2, 0) is 0 Å². The Labute approximate surface area is 157 Å². The molecule has 1 saturated heterocycles. The summed E-state index contributed by atoms with van der Waals surface area (Å²) >= 11 is 6.15. The van der Waals surface area contributed by atoms with Crippen molar-refractivity contribution in [1.29, 1.82) is 0 Å². The fraction of sp³-hybridized carbons (Fsp3) is 0.300. The van der Waals surface area contributed by atoms with Gasteiger partial charge in [-0.3, -0.25) is 9.59 Å². The summed E-state index contributed by atoms with van der Waals surface area (Å²) in [5.41, 5.74) is 2.53. The van der Waals surface area contributed by atoms with Gasteiger partial charge in [-0.2, -0.15) is 0 Å². The number of nitrogens with one attached hydrogen (secondary N) is 2. The van der Waals surface area contributed by atoms with Crippen molar-refractivity contribution in [2.45, 2.75) is 25.4 Å². The molecule has 0 radical (unpaired) electrons. The summed E-state index contributed by atoms with van der Waals surface area (Å²) in [6.45, 7) is 3.04. The van der Waals surface area contributed by atoms with Crippen LogP contribution in [0.15, 0.2) is 42.5 Å². The molecule has 0 bridgehead atoms. The lowest BCUT2D eigenvalue weighted by atomic mass is 9.91. The minimum absolute atomic E-state index is 0.0530. The summed E-state index contributed by atoms with van der Waals surface area (Å²) in [4.78, 5) is 27.1. The van der Waals surface area contributed by atoms with E-state index in [-0.39, 0.29) is 11.8 Å². The number of carbonyl (C=O) groups excluding carboxylic acids is 2. The molecule has 1 spiro atoms. The van der Waals surface area contributed by atoms with Crippen LogP contribution < -0.4 is 10.6 Å². The molecule has 0 atom stereocenters. The number of nitrogens with zero attached hydrogens (tertiary/aromatic N) is 1. The molecule has 0 aliphatic carbocycles. The first-order valence-corrected chi connectivity index (χ1v) is 9.11. The molecule has 2 N–H and O–H groups in total. The third-order valence-electron chi connectivity index (χ3n) is 5.24. The molecular weight excluding hydrogens is 350 g/mol. The van der Waals surface area contributed by atoms with Gasteiger partial charge in [0.05, 0.1) is 16.1 Å². The number of halogens is 1. The van der Waals surface area contributed by atoms with Crippen LogP contribution >= 0.6 is 11.6 Å². The van der Waals surface area contributed by atoms with E-state index in [4.69, 9.17) is 11.6 Å². The average molecular weight is 370 g/mol. The molecule has 134 valence electrons. The molecule has 6 heteroatoms. The quantitative estimate of drug-likeness (QED) is 0.809. The summed E-state index contributed by atoms with van der Waals surface area (Å²) in [6.07, 6.45) is 1.28. The third-order valence-corrected chi connectivity index (χ3v) is 5.56. The van der Waals surface area contributed by atoms with Gasteiger partial charge in [-0.05, 0) is 30.7 Å². The Hall–Kier alpha value is -2.53.